The van der Waals surface area contributed by atoms with E-state index in [1.54, 1.807) is 27.8 Å². The number of aromatic nitrogens is 1. The first-order valence-electron chi connectivity index (χ1n) is 10.8. The van der Waals surface area contributed by atoms with Crippen LogP contribution in [0.5, 0.6) is 23.0 Å². The number of halogens is 3. The van der Waals surface area contributed by atoms with E-state index in [-0.39, 0.29) is 24.7 Å². The Kier molecular flexibility index (Phi) is 7.56. The van der Waals surface area contributed by atoms with Crippen LogP contribution in [-0.4, -0.2) is 48.9 Å². The third kappa shape index (κ3) is 5.58. The van der Waals surface area contributed by atoms with Gasteiger partial charge in [0.05, 0.1) is 30.5 Å². The Hall–Kier alpha value is -4.09. The van der Waals surface area contributed by atoms with Crippen LogP contribution in [0.4, 0.5) is 29.3 Å². The maximum absolute atomic E-state index is 14.5. The van der Waals surface area contributed by atoms with Gasteiger partial charge in [0, 0.05) is 24.7 Å². The smallest absolute Gasteiger partial charge is 0.410 e. The molecule has 4 N–H and O–H groups in total. The van der Waals surface area contributed by atoms with E-state index in [4.69, 9.17) is 30.4 Å². The second-order valence-corrected chi connectivity index (χ2v) is 8.78. The minimum absolute atomic E-state index is 0.0455. The van der Waals surface area contributed by atoms with E-state index in [2.05, 4.69) is 4.98 Å². The second-order valence-electron chi connectivity index (χ2n) is 8.78. The van der Waals surface area contributed by atoms with Crippen LogP contribution in [0.1, 0.15) is 20.8 Å². The summed E-state index contributed by atoms with van der Waals surface area (Å²) in [6.07, 6.45) is 0.830. The highest BCUT2D eigenvalue weighted by Gasteiger charge is 2.25. The van der Waals surface area contributed by atoms with Crippen molar-refractivity contribution in [1.82, 2.24) is 9.88 Å². The van der Waals surface area contributed by atoms with Crippen molar-refractivity contribution in [3.63, 3.8) is 0 Å². The van der Waals surface area contributed by atoms with Gasteiger partial charge >= 0.3 is 6.09 Å². The number of rotatable bonds is 7. The molecule has 0 saturated carbocycles. The minimum Gasteiger partial charge on any atom is -0.493 e. The minimum atomic E-state index is -1.62. The maximum Gasteiger partial charge on any atom is 0.410 e. The number of nitrogen functional groups attached to an aromatic ring is 2. The molecule has 0 radical (unpaired) electrons. The number of carbonyl (C=O) groups is 1. The first-order chi connectivity index (χ1) is 16.8. The normalized spacial score (nSPS) is 11.3. The zero-order valence-corrected chi connectivity index (χ0v) is 20.4. The first-order valence-corrected chi connectivity index (χ1v) is 10.8. The van der Waals surface area contributed by atoms with Gasteiger partial charge in [0.2, 0.25) is 11.6 Å². The van der Waals surface area contributed by atoms with Crippen LogP contribution in [-0.2, 0) is 4.74 Å². The van der Waals surface area contributed by atoms with E-state index in [1.807, 2.05) is 0 Å². The monoisotopic (exact) mass is 508 g/mol. The number of hydrogen-bond acceptors (Lipinski definition) is 8. The summed E-state index contributed by atoms with van der Waals surface area (Å²) in [7, 11) is 2.97. The fourth-order valence-electron chi connectivity index (χ4n) is 3.09. The molecule has 0 atom stereocenters. The number of nitrogens with two attached hydrogens (primary N) is 2. The summed E-state index contributed by atoms with van der Waals surface area (Å²) >= 11 is 0. The lowest BCUT2D eigenvalue weighted by molar-refractivity contribution is 0.0278. The zero-order valence-electron chi connectivity index (χ0n) is 20.4. The molecule has 0 bridgehead atoms. The molecule has 0 aliphatic rings. The third-order valence-corrected chi connectivity index (χ3v) is 4.94. The molecule has 36 heavy (non-hydrogen) atoms. The lowest BCUT2D eigenvalue weighted by Gasteiger charge is -2.24. The number of hydrogen-bond donors (Lipinski definition) is 2. The molecule has 9 nitrogen and oxygen atoms in total. The number of ether oxygens (including phenoxy) is 4. The fraction of sp³-hybridized carbons (Fsp3) is 0.333. The van der Waals surface area contributed by atoms with Crippen LogP contribution >= 0.6 is 0 Å². The van der Waals surface area contributed by atoms with Crippen molar-refractivity contribution >= 4 is 28.4 Å². The fourth-order valence-corrected chi connectivity index (χ4v) is 3.09. The molecule has 0 fully saturated rings. The van der Waals surface area contributed by atoms with Gasteiger partial charge in [0.1, 0.15) is 18.0 Å². The number of benzene rings is 2. The van der Waals surface area contributed by atoms with Gasteiger partial charge in [-0.25, -0.2) is 13.6 Å². The van der Waals surface area contributed by atoms with Crippen molar-refractivity contribution in [3.8, 4) is 23.0 Å². The van der Waals surface area contributed by atoms with Crippen molar-refractivity contribution < 1.29 is 36.9 Å². The highest BCUT2D eigenvalue weighted by atomic mass is 19.2. The molecule has 0 aliphatic carbocycles. The van der Waals surface area contributed by atoms with E-state index in [0.717, 1.165) is 0 Å². The molecule has 12 heteroatoms. The van der Waals surface area contributed by atoms with Crippen molar-refractivity contribution in [1.29, 1.82) is 0 Å². The number of fused-ring (bicyclic) bond motifs is 1. The van der Waals surface area contributed by atoms with E-state index in [0.29, 0.717) is 16.7 Å². The van der Waals surface area contributed by atoms with Crippen molar-refractivity contribution in [2.24, 2.45) is 0 Å². The lowest BCUT2D eigenvalue weighted by atomic mass is 10.1. The first kappa shape index (κ1) is 26.5. The summed E-state index contributed by atoms with van der Waals surface area (Å²) in [5.41, 5.74) is 8.80. The summed E-state index contributed by atoms with van der Waals surface area (Å²) < 4.78 is 64.7. The predicted molar refractivity (Wildman–Crippen MR) is 128 cm³/mol. The number of anilines is 2. The van der Waals surface area contributed by atoms with Gasteiger partial charge in [-0.3, -0.25) is 4.98 Å². The van der Waals surface area contributed by atoms with Gasteiger partial charge in [-0.05, 0) is 32.9 Å². The van der Waals surface area contributed by atoms with Gasteiger partial charge in [0.25, 0.3) is 0 Å². The number of methoxy groups -OCH3 is 1. The van der Waals surface area contributed by atoms with Gasteiger partial charge in [-0.15, -0.1) is 0 Å². The molecule has 0 saturated heterocycles. The number of nitrogens with zero attached hydrogens (tertiary/aromatic N) is 2. The standard InChI is InChI=1S/C24H27F3N4O5/c1-24(2,3)36-23(32)31(4)8-9-34-16-11-13-12(10-15(16)33-5)14(6-7-30-13)35-22-18(26)17(25)20(28)21(29)19(22)27/h6-7,10-11H,8-9,28-29H2,1-5H3. The van der Waals surface area contributed by atoms with Gasteiger partial charge in [-0.2, -0.15) is 4.39 Å². The molecule has 3 rings (SSSR count). The van der Waals surface area contributed by atoms with E-state index in [1.165, 1.54) is 36.4 Å². The molecule has 1 amide bonds. The molecule has 1 aromatic heterocycles. The molecule has 194 valence electrons. The molecule has 2 aromatic carbocycles. The highest BCUT2D eigenvalue weighted by molar-refractivity contribution is 5.88. The molecule has 3 aromatic rings. The number of pyridine rings is 1. The topological polar surface area (TPSA) is 122 Å². The zero-order chi connectivity index (χ0) is 26.8. The van der Waals surface area contributed by atoms with E-state index < -0.39 is 46.3 Å². The lowest BCUT2D eigenvalue weighted by Crippen LogP contribution is -2.36. The van der Waals surface area contributed by atoms with Crippen molar-refractivity contribution in [2.75, 3.05) is 38.8 Å². The van der Waals surface area contributed by atoms with Crippen LogP contribution in [0.15, 0.2) is 24.4 Å². The average Bonchev–Trinajstić information content (AvgIpc) is 2.82. The number of likely N-dealkylation sites (N-methyl/N-ethyl adjacent to an activating group) is 1. The Bertz CT molecular complexity index is 1270. The Morgan fingerprint density at radius 3 is 2.33 bits per heavy atom. The summed E-state index contributed by atoms with van der Waals surface area (Å²) in [6, 6.07) is 4.35. The molecular weight excluding hydrogens is 481 g/mol. The molecule has 0 aliphatic heterocycles. The van der Waals surface area contributed by atoms with Gasteiger partial charge in [-0.1, -0.05) is 0 Å². The van der Waals surface area contributed by atoms with Crippen LogP contribution < -0.4 is 25.7 Å². The largest absolute Gasteiger partial charge is 0.493 e. The Labute approximate surface area is 205 Å². The quantitative estimate of drug-likeness (QED) is 0.343. The van der Waals surface area contributed by atoms with Gasteiger partial charge in [0.15, 0.2) is 23.1 Å². The number of carbonyl (C=O) groups excluding carboxylic acids is 1. The maximum atomic E-state index is 14.5. The Morgan fingerprint density at radius 2 is 1.69 bits per heavy atom. The van der Waals surface area contributed by atoms with Crippen LogP contribution in [0, 0.1) is 17.5 Å². The van der Waals surface area contributed by atoms with Crippen molar-refractivity contribution in [3.05, 3.63) is 41.8 Å². The third-order valence-electron chi connectivity index (χ3n) is 4.94. The predicted octanol–water partition coefficient (Wildman–Crippen LogP) is 4.86. The summed E-state index contributed by atoms with van der Waals surface area (Å²) in [5.74, 6) is -5.02. The van der Waals surface area contributed by atoms with E-state index in [9.17, 15) is 18.0 Å². The molecule has 1 heterocycles. The molecule has 0 unspecified atom stereocenters. The van der Waals surface area contributed by atoms with Gasteiger partial charge < -0.3 is 35.3 Å². The van der Waals surface area contributed by atoms with Crippen LogP contribution in [0.25, 0.3) is 10.9 Å². The Balaban J connectivity index is 1.86. The average molecular weight is 508 g/mol. The van der Waals surface area contributed by atoms with Crippen LogP contribution in [0.2, 0.25) is 0 Å². The molecular formula is C24H27F3N4O5. The van der Waals surface area contributed by atoms with Crippen LogP contribution in [0.3, 0.4) is 0 Å². The summed E-state index contributed by atoms with van der Waals surface area (Å²) in [4.78, 5) is 17.7. The summed E-state index contributed by atoms with van der Waals surface area (Å²) in [5, 5.41) is 0.294. The van der Waals surface area contributed by atoms with Crippen molar-refractivity contribution in [2.45, 2.75) is 26.4 Å². The summed E-state index contributed by atoms with van der Waals surface area (Å²) in [6.45, 7) is 5.62. The SMILES string of the molecule is COc1cc2c(Oc3c(F)c(N)c(N)c(F)c3F)ccnc2cc1OCCN(C)C(=O)OC(C)(C)C. The van der Waals surface area contributed by atoms with E-state index >= 15 is 0 Å². The second kappa shape index (κ2) is 10.3. The molecule has 0 spiro atoms. The Morgan fingerprint density at radius 1 is 1.03 bits per heavy atom. The highest BCUT2D eigenvalue weighted by Crippen LogP contribution is 2.40. The number of amides is 1.